The van der Waals surface area contributed by atoms with Crippen molar-refractivity contribution in [2.24, 2.45) is 13.0 Å². The molecule has 0 saturated carbocycles. The van der Waals surface area contributed by atoms with Crippen molar-refractivity contribution in [3.05, 3.63) is 59.9 Å². The lowest BCUT2D eigenvalue weighted by molar-refractivity contribution is -0.152. The Morgan fingerprint density at radius 2 is 1.90 bits per heavy atom. The first-order valence-corrected chi connectivity index (χ1v) is 9.38. The monoisotopic (exact) mass is 397 g/mol. The number of hydrogen-bond acceptors (Lipinski definition) is 5. The van der Waals surface area contributed by atoms with E-state index in [-0.39, 0.29) is 18.9 Å². The van der Waals surface area contributed by atoms with E-state index in [1.165, 1.54) is 0 Å². The number of ether oxygens (including phenoxy) is 1. The normalized spacial score (nSPS) is 16.0. The molecule has 1 aromatic carbocycles. The zero-order valence-corrected chi connectivity index (χ0v) is 16.2. The number of carbonyl (C=O) groups excluding carboxylic acids is 4. The topological polar surface area (TPSA) is 97.7 Å². The van der Waals surface area contributed by atoms with Crippen LogP contribution in [-0.2, 0) is 32.6 Å². The fourth-order valence-electron chi connectivity index (χ4n) is 3.23. The highest BCUT2D eigenvalue weighted by molar-refractivity contribution is 6.04. The fourth-order valence-corrected chi connectivity index (χ4v) is 3.23. The molecule has 3 amide bonds. The first kappa shape index (κ1) is 20.3. The predicted molar refractivity (Wildman–Crippen MR) is 104 cm³/mol. The van der Waals surface area contributed by atoms with E-state index in [9.17, 15) is 19.2 Å². The molecule has 2 heterocycles. The molecule has 1 aliphatic rings. The Balaban J connectivity index is 1.42. The summed E-state index contributed by atoms with van der Waals surface area (Å²) in [5, 5.41) is 2.17. The summed E-state index contributed by atoms with van der Waals surface area (Å²) in [5.41, 5.74) is 1.44. The summed E-state index contributed by atoms with van der Waals surface area (Å²) in [6, 6.07) is 13.0. The molecule has 1 saturated heterocycles. The van der Waals surface area contributed by atoms with Gasteiger partial charge in [-0.05, 0) is 24.1 Å². The third kappa shape index (κ3) is 5.31. The molecule has 0 bridgehead atoms. The van der Waals surface area contributed by atoms with Crippen LogP contribution in [0.4, 0.5) is 0 Å². The smallest absolute Gasteiger partial charge is 0.311 e. The second kappa shape index (κ2) is 9.18. The first-order chi connectivity index (χ1) is 13.9. The minimum Gasteiger partial charge on any atom is -0.455 e. The highest BCUT2D eigenvalue weighted by atomic mass is 16.5. The lowest BCUT2D eigenvalue weighted by Gasteiger charge is -2.16. The molecule has 1 aromatic heterocycles. The third-order valence-corrected chi connectivity index (χ3v) is 4.84. The van der Waals surface area contributed by atoms with Crippen LogP contribution >= 0.6 is 0 Å². The van der Waals surface area contributed by atoms with Crippen molar-refractivity contribution in [1.82, 2.24) is 14.8 Å². The van der Waals surface area contributed by atoms with Crippen LogP contribution in [0, 0.1) is 5.92 Å². The summed E-state index contributed by atoms with van der Waals surface area (Å²) in [6.07, 6.45) is 2.45. The highest BCUT2D eigenvalue weighted by Crippen LogP contribution is 2.19. The molecule has 3 rings (SSSR count). The van der Waals surface area contributed by atoms with Crippen LogP contribution in [0.15, 0.2) is 48.7 Å². The van der Waals surface area contributed by atoms with Crippen LogP contribution in [0.25, 0.3) is 0 Å². The number of esters is 1. The lowest BCUT2D eigenvalue weighted by Crippen LogP contribution is -2.36. The Morgan fingerprint density at radius 3 is 2.59 bits per heavy atom. The Hall–Kier alpha value is -3.42. The maximum Gasteiger partial charge on any atom is 0.311 e. The van der Waals surface area contributed by atoms with Gasteiger partial charge in [-0.1, -0.05) is 30.3 Å². The van der Waals surface area contributed by atoms with E-state index < -0.39 is 30.3 Å². The van der Waals surface area contributed by atoms with E-state index >= 15 is 0 Å². The molecule has 152 valence electrons. The Kier molecular flexibility index (Phi) is 6.43. The molecule has 0 spiro atoms. The van der Waals surface area contributed by atoms with Crippen molar-refractivity contribution in [3.8, 4) is 0 Å². The summed E-state index contributed by atoms with van der Waals surface area (Å²) in [6.45, 7) is 0.233. The number of aromatic nitrogens is 1. The number of nitrogens with zero attached hydrogens (tertiary/aromatic N) is 2. The molecule has 0 unspecified atom stereocenters. The maximum atomic E-state index is 12.2. The van der Waals surface area contributed by atoms with Gasteiger partial charge in [0.05, 0.1) is 5.92 Å². The SMILES string of the molecule is Cn1cccc1C(=O)NC(=O)COC(=O)[C@H]1CC(=O)N(CCc2ccccc2)C1. The average molecular weight is 397 g/mol. The van der Waals surface area contributed by atoms with Crippen molar-refractivity contribution in [2.45, 2.75) is 12.8 Å². The fraction of sp³-hybridized carbons (Fsp3) is 0.333. The van der Waals surface area contributed by atoms with Gasteiger partial charge in [0.15, 0.2) is 6.61 Å². The largest absolute Gasteiger partial charge is 0.455 e. The van der Waals surface area contributed by atoms with Gasteiger partial charge in [-0.25, -0.2) is 0 Å². The molecular formula is C21H23N3O5. The van der Waals surface area contributed by atoms with Gasteiger partial charge in [-0.15, -0.1) is 0 Å². The molecule has 1 N–H and O–H groups in total. The van der Waals surface area contributed by atoms with Gasteiger partial charge < -0.3 is 14.2 Å². The summed E-state index contributed by atoms with van der Waals surface area (Å²) in [4.78, 5) is 49.8. The lowest BCUT2D eigenvalue weighted by atomic mass is 10.1. The van der Waals surface area contributed by atoms with Crippen molar-refractivity contribution in [3.63, 3.8) is 0 Å². The van der Waals surface area contributed by atoms with Gasteiger partial charge in [0.1, 0.15) is 5.69 Å². The number of rotatable bonds is 7. The number of hydrogen-bond donors (Lipinski definition) is 1. The number of benzene rings is 1. The molecule has 8 nitrogen and oxygen atoms in total. The minimum atomic E-state index is -0.713. The number of aryl methyl sites for hydroxylation is 1. The second-order valence-corrected chi connectivity index (χ2v) is 6.97. The Morgan fingerprint density at radius 1 is 1.14 bits per heavy atom. The zero-order valence-electron chi connectivity index (χ0n) is 16.2. The number of imide groups is 1. The van der Waals surface area contributed by atoms with Crippen LogP contribution in [0.1, 0.15) is 22.5 Å². The van der Waals surface area contributed by atoms with Crippen LogP contribution in [0.5, 0.6) is 0 Å². The molecule has 29 heavy (non-hydrogen) atoms. The zero-order chi connectivity index (χ0) is 20.8. The van der Waals surface area contributed by atoms with Crippen LogP contribution in [-0.4, -0.2) is 52.9 Å². The molecule has 1 fully saturated rings. The number of amides is 3. The summed E-state index contributed by atoms with van der Waals surface area (Å²) < 4.78 is 6.58. The van der Waals surface area contributed by atoms with E-state index in [4.69, 9.17) is 4.74 Å². The Labute approximate surface area is 168 Å². The summed E-state index contributed by atoms with van der Waals surface area (Å²) in [5.74, 6) is -2.60. The van der Waals surface area contributed by atoms with E-state index in [1.54, 1.807) is 34.8 Å². The molecule has 0 radical (unpaired) electrons. The summed E-state index contributed by atoms with van der Waals surface area (Å²) in [7, 11) is 1.68. The standard InChI is InChI=1S/C21H23N3O5/c1-23-10-5-8-17(23)20(27)22-18(25)14-29-21(28)16-12-19(26)24(13-16)11-9-15-6-3-2-4-7-15/h2-8,10,16H,9,11-14H2,1H3,(H,22,25,27)/t16-/m0/s1. The van der Waals surface area contributed by atoms with E-state index in [0.29, 0.717) is 18.7 Å². The second-order valence-electron chi connectivity index (χ2n) is 6.97. The average Bonchev–Trinajstić information content (AvgIpc) is 3.30. The number of likely N-dealkylation sites (tertiary alicyclic amines) is 1. The molecule has 8 heteroatoms. The van der Waals surface area contributed by atoms with Crippen molar-refractivity contribution in [2.75, 3.05) is 19.7 Å². The van der Waals surface area contributed by atoms with Crippen molar-refractivity contribution < 1.29 is 23.9 Å². The quantitative estimate of drug-likeness (QED) is 0.701. The third-order valence-electron chi connectivity index (χ3n) is 4.84. The first-order valence-electron chi connectivity index (χ1n) is 9.38. The van der Waals surface area contributed by atoms with Gasteiger partial charge in [-0.3, -0.25) is 24.5 Å². The van der Waals surface area contributed by atoms with Crippen LogP contribution < -0.4 is 5.32 Å². The van der Waals surface area contributed by atoms with Crippen molar-refractivity contribution in [1.29, 1.82) is 0 Å². The highest BCUT2D eigenvalue weighted by Gasteiger charge is 2.35. The van der Waals surface area contributed by atoms with Crippen LogP contribution in [0.3, 0.4) is 0 Å². The molecule has 1 aliphatic heterocycles. The number of nitrogens with one attached hydrogen (secondary N) is 1. The van der Waals surface area contributed by atoms with Gasteiger partial charge in [0.2, 0.25) is 5.91 Å². The van der Waals surface area contributed by atoms with E-state index in [0.717, 1.165) is 5.56 Å². The van der Waals surface area contributed by atoms with Gasteiger partial charge in [0.25, 0.3) is 11.8 Å². The van der Waals surface area contributed by atoms with Gasteiger partial charge in [0, 0.05) is 32.8 Å². The minimum absolute atomic E-state index is 0.0670. The van der Waals surface area contributed by atoms with Gasteiger partial charge >= 0.3 is 5.97 Å². The number of carbonyl (C=O) groups is 4. The predicted octanol–water partition coefficient (Wildman–Crippen LogP) is 0.916. The summed E-state index contributed by atoms with van der Waals surface area (Å²) >= 11 is 0. The van der Waals surface area contributed by atoms with Crippen molar-refractivity contribution >= 4 is 23.7 Å². The maximum absolute atomic E-state index is 12.2. The molecular weight excluding hydrogens is 374 g/mol. The van der Waals surface area contributed by atoms with E-state index in [2.05, 4.69) is 5.32 Å². The van der Waals surface area contributed by atoms with E-state index in [1.807, 2.05) is 30.3 Å². The molecule has 0 aliphatic carbocycles. The molecule has 1 atom stereocenters. The van der Waals surface area contributed by atoms with Gasteiger partial charge in [-0.2, -0.15) is 0 Å². The molecule has 2 aromatic rings. The van der Waals surface area contributed by atoms with Crippen LogP contribution in [0.2, 0.25) is 0 Å². The Bertz CT molecular complexity index is 906.